The van der Waals surface area contributed by atoms with Crippen molar-refractivity contribution in [3.63, 3.8) is 0 Å². The highest BCUT2D eigenvalue weighted by atomic mass is 19.3. The second-order valence-corrected chi connectivity index (χ2v) is 3.39. The lowest BCUT2D eigenvalue weighted by Gasteiger charge is -2.21. The number of anilines is 1. The Morgan fingerprint density at radius 1 is 1.53 bits per heavy atom. The maximum Gasteiger partial charge on any atom is 0.255 e. The SMILES string of the molecule is CN(CC(F)F)c1cccc(F)c1/C(N)=N/O. The Labute approximate surface area is 96.1 Å². The summed E-state index contributed by atoms with van der Waals surface area (Å²) in [7, 11) is 1.37. The Hall–Kier alpha value is -1.92. The van der Waals surface area contributed by atoms with Crippen molar-refractivity contribution in [1.29, 1.82) is 0 Å². The summed E-state index contributed by atoms with van der Waals surface area (Å²) < 4.78 is 38.0. The maximum atomic E-state index is 13.5. The average Bonchev–Trinajstić information content (AvgIpc) is 2.26. The van der Waals surface area contributed by atoms with Crippen LogP contribution < -0.4 is 10.6 Å². The standard InChI is InChI=1S/C10H12F3N3O/c1-16(5-8(12)13)7-4-2-3-6(11)9(7)10(14)15-17/h2-4,8,17H,5H2,1H3,(H2,14,15). The highest BCUT2D eigenvalue weighted by Crippen LogP contribution is 2.22. The van der Waals surface area contributed by atoms with Crippen LogP contribution >= 0.6 is 0 Å². The summed E-state index contributed by atoms with van der Waals surface area (Å²) in [4.78, 5) is 1.14. The van der Waals surface area contributed by atoms with Crippen molar-refractivity contribution in [2.45, 2.75) is 6.43 Å². The fourth-order valence-electron chi connectivity index (χ4n) is 1.44. The average molecular weight is 247 g/mol. The summed E-state index contributed by atoms with van der Waals surface area (Å²) >= 11 is 0. The molecule has 0 amide bonds. The minimum atomic E-state index is -2.57. The van der Waals surface area contributed by atoms with Crippen molar-refractivity contribution < 1.29 is 18.4 Å². The molecule has 0 unspecified atom stereocenters. The Morgan fingerprint density at radius 3 is 2.71 bits per heavy atom. The minimum absolute atomic E-state index is 0.139. The van der Waals surface area contributed by atoms with E-state index in [9.17, 15) is 13.2 Å². The first-order valence-corrected chi connectivity index (χ1v) is 4.73. The third-order valence-corrected chi connectivity index (χ3v) is 2.18. The maximum absolute atomic E-state index is 13.5. The topological polar surface area (TPSA) is 61.8 Å². The van der Waals surface area contributed by atoms with Gasteiger partial charge in [-0.1, -0.05) is 11.2 Å². The number of halogens is 3. The Bertz CT molecular complexity index is 423. The molecule has 1 aromatic carbocycles. The van der Waals surface area contributed by atoms with Crippen molar-refractivity contribution in [2.75, 3.05) is 18.5 Å². The van der Waals surface area contributed by atoms with E-state index in [2.05, 4.69) is 5.16 Å². The van der Waals surface area contributed by atoms with Gasteiger partial charge < -0.3 is 15.8 Å². The van der Waals surface area contributed by atoms with Gasteiger partial charge in [0.25, 0.3) is 6.43 Å². The van der Waals surface area contributed by atoms with Gasteiger partial charge in [0.15, 0.2) is 5.84 Å². The number of hydrogen-bond acceptors (Lipinski definition) is 3. The molecule has 0 saturated heterocycles. The fourth-order valence-corrected chi connectivity index (χ4v) is 1.44. The monoisotopic (exact) mass is 247 g/mol. The smallest absolute Gasteiger partial charge is 0.255 e. The van der Waals surface area contributed by atoms with Crippen molar-refractivity contribution in [1.82, 2.24) is 0 Å². The second kappa shape index (κ2) is 5.42. The molecule has 1 rings (SSSR count). The highest BCUT2D eigenvalue weighted by Gasteiger charge is 2.17. The summed E-state index contributed by atoms with van der Waals surface area (Å²) in [6.45, 7) is -0.574. The number of benzene rings is 1. The van der Waals surface area contributed by atoms with Crippen LogP contribution in [0.5, 0.6) is 0 Å². The van der Waals surface area contributed by atoms with E-state index in [1.54, 1.807) is 0 Å². The molecule has 0 aliphatic carbocycles. The summed E-state index contributed by atoms with van der Waals surface area (Å²) in [5.74, 6) is -1.20. The number of oxime groups is 1. The number of alkyl halides is 2. The molecule has 0 aliphatic rings. The molecule has 17 heavy (non-hydrogen) atoms. The van der Waals surface area contributed by atoms with E-state index in [1.807, 2.05) is 0 Å². The summed E-state index contributed by atoms with van der Waals surface area (Å²) in [5, 5.41) is 11.2. The lowest BCUT2D eigenvalue weighted by Crippen LogP contribution is -2.28. The normalized spacial score (nSPS) is 11.9. The van der Waals surface area contributed by atoms with Crippen LogP contribution in [0.25, 0.3) is 0 Å². The van der Waals surface area contributed by atoms with Crippen molar-refractivity contribution in [3.8, 4) is 0 Å². The summed E-state index contributed by atoms with van der Waals surface area (Å²) in [5.41, 5.74) is 5.25. The quantitative estimate of drug-likeness (QED) is 0.368. The first kappa shape index (κ1) is 13.1. The fraction of sp³-hybridized carbons (Fsp3) is 0.300. The Kier molecular flexibility index (Phi) is 4.19. The molecule has 0 saturated carbocycles. The van der Waals surface area contributed by atoms with Gasteiger partial charge in [0, 0.05) is 7.05 Å². The molecule has 0 aliphatic heterocycles. The van der Waals surface area contributed by atoms with Gasteiger partial charge in [0.2, 0.25) is 0 Å². The lowest BCUT2D eigenvalue weighted by molar-refractivity contribution is 0.156. The number of hydrogen-bond donors (Lipinski definition) is 2. The number of nitrogens with two attached hydrogens (primary N) is 1. The van der Waals surface area contributed by atoms with Gasteiger partial charge >= 0.3 is 0 Å². The van der Waals surface area contributed by atoms with Crippen LogP contribution in [-0.4, -0.2) is 31.1 Å². The Balaban J connectivity index is 3.19. The molecule has 0 bridgehead atoms. The molecule has 3 N–H and O–H groups in total. The molecule has 0 atom stereocenters. The minimum Gasteiger partial charge on any atom is -0.409 e. The van der Waals surface area contributed by atoms with E-state index in [-0.39, 0.29) is 11.3 Å². The summed E-state index contributed by atoms with van der Waals surface area (Å²) in [6, 6.07) is 3.88. The van der Waals surface area contributed by atoms with Gasteiger partial charge in [-0.15, -0.1) is 0 Å². The first-order chi connectivity index (χ1) is 7.97. The molecule has 0 fully saturated rings. The zero-order valence-electron chi connectivity index (χ0n) is 9.07. The number of nitrogens with zero attached hydrogens (tertiary/aromatic N) is 2. The summed E-state index contributed by atoms with van der Waals surface area (Å²) in [6.07, 6.45) is -2.57. The van der Waals surface area contributed by atoms with Gasteiger partial charge in [0.1, 0.15) is 5.82 Å². The number of rotatable bonds is 4. The van der Waals surface area contributed by atoms with Crippen molar-refractivity contribution in [2.24, 2.45) is 10.9 Å². The van der Waals surface area contributed by atoms with Crippen LogP contribution in [0, 0.1) is 5.82 Å². The van der Waals surface area contributed by atoms with Gasteiger partial charge in [-0.2, -0.15) is 0 Å². The van der Waals surface area contributed by atoms with Gasteiger partial charge in [-0.3, -0.25) is 0 Å². The van der Waals surface area contributed by atoms with Gasteiger partial charge in [-0.25, -0.2) is 13.2 Å². The van der Waals surface area contributed by atoms with Crippen LogP contribution in [0.3, 0.4) is 0 Å². The molecular weight excluding hydrogens is 235 g/mol. The van der Waals surface area contributed by atoms with E-state index in [0.717, 1.165) is 11.0 Å². The molecule has 0 aromatic heterocycles. The largest absolute Gasteiger partial charge is 0.409 e. The molecule has 0 radical (unpaired) electrons. The molecule has 0 heterocycles. The second-order valence-electron chi connectivity index (χ2n) is 3.39. The molecule has 1 aromatic rings. The predicted octanol–water partition coefficient (Wildman–Crippen LogP) is 1.62. The van der Waals surface area contributed by atoms with E-state index < -0.39 is 24.6 Å². The van der Waals surface area contributed by atoms with Crippen LogP contribution in [0.1, 0.15) is 5.56 Å². The third-order valence-electron chi connectivity index (χ3n) is 2.18. The zero-order chi connectivity index (χ0) is 13.0. The van der Waals surface area contributed by atoms with E-state index in [4.69, 9.17) is 10.9 Å². The molecule has 7 heteroatoms. The first-order valence-electron chi connectivity index (χ1n) is 4.73. The van der Waals surface area contributed by atoms with Crippen molar-refractivity contribution in [3.05, 3.63) is 29.6 Å². The van der Waals surface area contributed by atoms with Gasteiger partial charge in [-0.05, 0) is 12.1 Å². The molecular formula is C10H12F3N3O. The van der Waals surface area contributed by atoms with E-state index in [0.29, 0.717) is 0 Å². The van der Waals surface area contributed by atoms with Crippen LogP contribution in [0.4, 0.5) is 18.9 Å². The molecule has 0 spiro atoms. The molecule has 94 valence electrons. The lowest BCUT2D eigenvalue weighted by atomic mass is 10.1. The highest BCUT2D eigenvalue weighted by molar-refractivity contribution is 6.02. The predicted molar refractivity (Wildman–Crippen MR) is 58.2 cm³/mol. The zero-order valence-corrected chi connectivity index (χ0v) is 9.07. The van der Waals surface area contributed by atoms with E-state index >= 15 is 0 Å². The third kappa shape index (κ3) is 3.02. The van der Waals surface area contributed by atoms with Crippen LogP contribution in [-0.2, 0) is 0 Å². The van der Waals surface area contributed by atoms with Gasteiger partial charge in [0.05, 0.1) is 17.8 Å². The van der Waals surface area contributed by atoms with Crippen molar-refractivity contribution >= 4 is 11.5 Å². The van der Waals surface area contributed by atoms with Crippen LogP contribution in [0.15, 0.2) is 23.4 Å². The molecule has 4 nitrogen and oxygen atoms in total. The Morgan fingerprint density at radius 2 is 2.18 bits per heavy atom. The number of amidine groups is 1. The van der Waals surface area contributed by atoms with Crippen LogP contribution in [0.2, 0.25) is 0 Å². The van der Waals surface area contributed by atoms with E-state index in [1.165, 1.54) is 19.2 Å².